The number of nitrogens with one attached hydrogen (secondary N) is 1. The van der Waals surface area contributed by atoms with Gasteiger partial charge >= 0.3 is 0 Å². The molecule has 0 fully saturated rings. The van der Waals surface area contributed by atoms with Crippen LogP contribution in [0.4, 0.5) is 0 Å². The van der Waals surface area contributed by atoms with E-state index in [0.29, 0.717) is 6.61 Å². The summed E-state index contributed by atoms with van der Waals surface area (Å²) in [6, 6.07) is 0.129. The summed E-state index contributed by atoms with van der Waals surface area (Å²) in [7, 11) is 3.42. The van der Waals surface area contributed by atoms with Gasteiger partial charge in [0.1, 0.15) is 0 Å². The maximum Gasteiger partial charge on any atom is 0.167 e. The van der Waals surface area contributed by atoms with Crippen molar-refractivity contribution in [3.05, 3.63) is 5.82 Å². The fraction of sp³-hybridized carbons (Fsp3) is 0.917. The molecule has 1 aromatic heterocycles. The number of nitrogens with zero attached hydrogens (tertiary/aromatic N) is 4. The van der Waals surface area contributed by atoms with E-state index >= 15 is 0 Å². The van der Waals surface area contributed by atoms with E-state index in [0.717, 1.165) is 44.8 Å². The van der Waals surface area contributed by atoms with Crippen LogP contribution in [-0.2, 0) is 16.0 Å². The van der Waals surface area contributed by atoms with E-state index in [4.69, 9.17) is 9.47 Å². The molecule has 1 atom stereocenters. The molecule has 0 aliphatic heterocycles. The van der Waals surface area contributed by atoms with E-state index in [1.54, 1.807) is 14.2 Å². The first kappa shape index (κ1) is 16.0. The van der Waals surface area contributed by atoms with Crippen molar-refractivity contribution in [3.63, 3.8) is 0 Å². The second-order valence-electron chi connectivity index (χ2n) is 4.48. The number of tetrazole rings is 1. The first-order valence-corrected chi connectivity index (χ1v) is 6.77. The molecule has 0 aliphatic rings. The van der Waals surface area contributed by atoms with Gasteiger partial charge in [0.2, 0.25) is 0 Å². The van der Waals surface area contributed by atoms with Gasteiger partial charge in [0.15, 0.2) is 5.82 Å². The van der Waals surface area contributed by atoms with E-state index in [1.165, 1.54) is 0 Å². The average Bonchev–Trinajstić information content (AvgIpc) is 2.87. The SMILES string of the molecule is COCCCCCn1nnnc1C(C)NCCOC. The van der Waals surface area contributed by atoms with Gasteiger partial charge < -0.3 is 14.8 Å². The van der Waals surface area contributed by atoms with Crippen LogP contribution in [0.3, 0.4) is 0 Å². The summed E-state index contributed by atoms with van der Waals surface area (Å²) in [5, 5.41) is 15.2. The molecule has 0 saturated carbocycles. The molecule has 0 aliphatic carbocycles. The Morgan fingerprint density at radius 3 is 2.68 bits per heavy atom. The number of hydrogen-bond acceptors (Lipinski definition) is 6. The van der Waals surface area contributed by atoms with Crippen molar-refractivity contribution in [3.8, 4) is 0 Å². The second kappa shape index (κ2) is 9.82. The smallest absolute Gasteiger partial charge is 0.167 e. The number of unbranched alkanes of at least 4 members (excludes halogenated alkanes) is 2. The van der Waals surface area contributed by atoms with Crippen molar-refractivity contribution in [1.82, 2.24) is 25.5 Å². The van der Waals surface area contributed by atoms with Crippen LogP contribution in [0.25, 0.3) is 0 Å². The van der Waals surface area contributed by atoms with Gasteiger partial charge in [-0.2, -0.15) is 0 Å². The first-order chi connectivity index (χ1) is 9.29. The van der Waals surface area contributed by atoms with Gasteiger partial charge in [-0.25, -0.2) is 4.68 Å². The fourth-order valence-electron chi connectivity index (χ4n) is 1.83. The zero-order valence-corrected chi connectivity index (χ0v) is 12.1. The lowest BCUT2D eigenvalue weighted by Gasteiger charge is -2.13. The van der Waals surface area contributed by atoms with Crippen LogP contribution in [0.1, 0.15) is 38.1 Å². The van der Waals surface area contributed by atoms with E-state index < -0.39 is 0 Å². The summed E-state index contributed by atoms with van der Waals surface area (Å²) >= 11 is 0. The molecule has 1 rings (SSSR count). The van der Waals surface area contributed by atoms with Gasteiger partial charge in [0.05, 0.1) is 12.6 Å². The second-order valence-corrected chi connectivity index (χ2v) is 4.48. The quantitative estimate of drug-likeness (QED) is 0.600. The number of methoxy groups -OCH3 is 2. The minimum Gasteiger partial charge on any atom is -0.385 e. The lowest BCUT2D eigenvalue weighted by molar-refractivity contribution is 0.191. The largest absolute Gasteiger partial charge is 0.385 e. The highest BCUT2D eigenvalue weighted by atomic mass is 16.5. The fourth-order valence-corrected chi connectivity index (χ4v) is 1.83. The molecule has 7 nitrogen and oxygen atoms in total. The molecular formula is C12H25N5O2. The van der Waals surface area contributed by atoms with Crippen molar-refractivity contribution >= 4 is 0 Å². The molecule has 19 heavy (non-hydrogen) atoms. The topological polar surface area (TPSA) is 74.1 Å². The number of hydrogen-bond donors (Lipinski definition) is 1. The van der Waals surface area contributed by atoms with Crippen molar-refractivity contribution < 1.29 is 9.47 Å². The van der Waals surface area contributed by atoms with Crippen molar-refractivity contribution in [1.29, 1.82) is 0 Å². The van der Waals surface area contributed by atoms with Crippen LogP contribution in [0.2, 0.25) is 0 Å². The third-order valence-corrected chi connectivity index (χ3v) is 2.92. The summed E-state index contributed by atoms with van der Waals surface area (Å²) in [6.07, 6.45) is 3.26. The minimum absolute atomic E-state index is 0.129. The Balaban J connectivity index is 2.32. The molecular weight excluding hydrogens is 246 g/mol. The molecule has 1 N–H and O–H groups in total. The summed E-state index contributed by atoms with van der Waals surface area (Å²) in [4.78, 5) is 0. The number of aryl methyl sites for hydroxylation is 1. The van der Waals surface area contributed by atoms with Crippen LogP contribution >= 0.6 is 0 Å². The van der Waals surface area contributed by atoms with Crippen LogP contribution in [-0.4, -0.2) is 54.2 Å². The Kier molecular flexibility index (Phi) is 8.28. The van der Waals surface area contributed by atoms with Crippen LogP contribution in [0.15, 0.2) is 0 Å². The molecule has 1 heterocycles. The van der Waals surface area contributed by atoms with Gasteiger partial charge in [0.25, 0.3) is 0 Å². The zero-order valence-electron chi connectivity index (χ0n) is 12.1. The first-order valence-electron chi connectivity index (χ1n) is 6.77. The lowest BCUT2D eigenvalue weighted by Crippen LogP contribution is -2.25. The minimum atomic E-state index is 0.129. The van der Waals surface area contributed by atoms with E-state index in [9.17, 15) is 0 Å². The highest BCUT2D eigenvalue weighted by molar-refractivity contribution is 4.89. The van der Waals surface area contributed by atoms with Gasteiger partial charge in [-0.1, -0.05) is 0 Å². The van der Waals surface area contributed by atoms with Gasteiger partial charge in [0, 0.05) is 33.9 Å². The molecule has 1 aromatic rings. The molecule has 0 amide bonds. The molecule has 0 spiro atoms. The van der Waals surface area contributed by atoms with E-state index in [-0.39, 0.29) is 6.04 Å². The highest BCUT2D eigenvalue weighted by Gasteiger charge is 2.13. The van der Waals surface area contributed by atoms with Gasteiger partial charge in [-0.3, -0.25) is 0 Å². The third-order valence-electron chi connectivity index (χ3n) is 2.92. The molecule has 0 aromatic carbocycles. The molecule has 7 heteroatoms. The number of ether oxygens (including phenoxy) is 2. The Hall–Kier alpha value is -1.05. The zero-order chi connectivity index (χ0) is 13.9. The standard InChI is InChI=1S/C12H25N5O2/c1-11(13-7-10-19-3)12-14-15-16-17(12)8-5-4-6-9-18-2/h11,13H,4-10H2,1-3H3. The summed E-state index contributed by atoms with van der Waals surface area (Å²) in [6.45, 7) is 5.20. The normalized spacial score (nSPS) is 12.8. The van der Waals surface area contributed by atoms with Crippen molar-refractivity contribution in [2.24, 2.45) is 0 Å². The van der Waals surface area contributed by atoms with Gasteiger partial charge in [-0.05, 0) is 36.6 Å². The summed E-state index contributed by atoms with van der Waals surface area (Å²) in [5.41, 5.74) is 0. The lowest BCUT2D eigenvalue weighted by atomic mass is 10.2. The van der Waals surface area contributed by atoms with E-state index in [2.05, 4.69) is 27.8 Å². The number of aromatic nitrogens is 4. The predicted octanol–water partition coefficient (Wildman–Crippen LogP) is 0.787. The molecule has 0 radical (unpaired) electrons. The van der Waals surface area contributed by atoms with Crippen LogP contribution in [0, 0.1) is 0 Å². The molecule has 1 unspecified atom stereocenters. The monoisotopic (exact) mass is 271 g/mol. The van der Waals surface area contributed by atoms with E-state index in [1.807, 2.05) is 4.68 Å². The Labute approximate surface area is 114 Å². The maximum absolute atomic E-state index is 5.03. The molecule has 0 saturated heterocycles. The highest BCUT2D eigenvalue weighted by Crippen LogP contribution is 2.08. The summed E-state index contributed by atoms with van der Waals surface area (Å²) < 4.78 is 11.9. The Morgan fingerprint density at radius 2 is 1.95 bits per heavy atom. The summed E-state index contributed by atoms with van der Waals surface area (Å²) in [5.74, 6) is 0.878. The predicted molar refractivity (Wildman–Crippen MR) is 71.8 cm³/mol. The van der Waals surface area contributed by atoms with Crippen LogP contribution in [0.5, 0.6) is 0 Å². The molecule has 110 valence electrons. The van der Waals surface area contributed by atoms with Crippen LogP contribution < -0.4 is 5.32 Å². The number of rotatable bonds is 11. The Morgan fingerprint density at radius 1 is 1.16 bits per heavy atom. The molecule has 0 bridgehead atoms. The Bertz CT molecular complexity index is 332. The van der Waals surface area contributed by atoms with Crippen molar-refractivity contribution in [2.45, 2.75) is 38.8 Å². The average molecular weight is 271 g/mol. The third kappa shape index (κ3) is 6.09. The maximum atomic E-state index is 5.03. The van der Waals surface area contributed by atoms with Crippen molar-refractivity contribution in [2.75, 3.05) is 34.0 Å². The van der Waals surface area contributed by atoms with Gasteiger partial charge in [-0.15, -0.1) is 5.10 Å².